The Kier molecular flexibility index (Phi) is 9.41. The molecule has 0 unspecified atom stereocenters. The first-order chi connectivity index (χ1) is 30.7. The number of fused-ring (bicyclic) bond motifs is 2. The van der Waals surface area contributed by atoms with Crippen molar-refractivity contribution in [1.29, 1.82) is 0 Å². The van der Waals surface area contributed by atoms with Gasteiger partial charge in [0.1, 0.15) is 0 Å². The minimum atomic E-state index is 0.588. The first-order valence-electron chi connectivity index (χ1n) is 20.6. The second-order valence-electron chi connectivity index (χ2n) is 15.1. The van der Waals surface area contributed by atoms with Crippen molar-refractivity contribution in [2.24, 2.45) is 0 Å². The van der Waals surface area contributed by atoms with Gasteiger partial charge in [0.05, 0.1) is 0 Å². The van der Waals surface area contributed by atoms with Gasteiger partial charge in [-0.05, 0) is 38.9 Å². The van der Waals surface area contributed by atoms with E-state index in [9.17, 15) is 0 Å². The Morgan fingerprint density at radius 2 is 0.597 bits per heavy atom. The highest BCUT2D eigenvalue weighted by atomic mass is 15.0. The highest BCUT2D eigenvalue weighted by molar-refractivity contribution is 6.06. The van der Waals surface area contributed by atoms with E-state index < -0.39 is 0 Å². The molecule has 0 spiro atoms. The number of rotatable bonds is 8. The molecule has 0 N–H and O–H groups in total. The van der Waals surface area contributed by atoms with Gasteiger partial charge in [0.2, 0.25) is 0 Å². The highest BCUT2D eigenvalue weighted by Gasteiger charge is 2.21. The Morgan fingerprint density at radius 3 is 1.15 bits per heavy atom. The molecule has 0 aliphatic rings. The first kappa shape index (κ1) is 36.6. The summed E-state index contributed by atoms with van der Waals surface area (Å²) in [5.74, 6) is 3.64. The van der Waals surface area contributed by atoms with Crippen molar-refractivity contribution in [2.75, 3.05) is 0 Å². The number of nitrogens with zero attached hydrogens (tertiary/aromatic N) is 6. The topological polar surface area (TPSA) is 77.3 Å². The molecule has 6 heteroatoms. The van der Waals surface area contributed by atoms with Gasteiger partial charge in [-0.3, -0.25) is 0 Å². The van der Waals surface area contributed by atoms with Gasteiger partial charge >= 0.3 is 0 Å². The molecule has 9 aromatic carbocycles. The Bertz CT molecular complexity index is 3310. The molecule has 6 nitrogen and oxygen atoms in total. The lowest BCUT2D eigenvalue weighted by Crippen LogP contribution is -2.02. The van der Waals surface area contributed by atoms with Crippen molar-refractivity contribution >= 4 is 21.5 Å². The Morgan fingerprint density at radius 1 is 0.210 bits per heavy atom. The van der Waals surface area contributed by atoms with Crippen LogP contribution in [0.25, 0.3) is 112 Å². The summed E-state index contributed by atoms with van der Waals surface area (Å²) < 4.78 is 0. The van der Waals surface area contributed by atoms with E-state index in [4.69, 9.17) is 29.9 Å². The van der Waals surface area contributed by atoms with Gasteiger partial charge < -0.3 is 0 Å². The number of hydrogen-bond donors (Lipinski definition) is 0. The van der Waals surface area contributed by atoms with E-state index in [1.54, 1.807) is 0 Å². The third-order valence-electron chi connectivity index (χ3n) is 11.2. The second kappa shape index (κ2) is 15.9. The predicted octanol–water partition coefficient (Wildman–Crippen LogP) is 13.7. The van der Waals surface area contributed by atoms with Gasteiger partial charge in [-0.1, -0.05) is 212 Å². The summed E-state index contributed by atoms with van der Waals surface area (Å²) >= 11 is 0. The van der Waals surface area contributed by atoms with Crippen LogP contribution in [0.4, 0.5) is 0 Å². The van der Waals surface area contributed by atoms with Gasteiger partial charge in [-0.15, -0.1) is 0 Å². The lowest BCUT2D eigenvalue weighted by Gasteiger charge is -2.16. The molecule has 290 valence electrons. The average Bonchev–Trinajstić information content (AvgIpc) is 3.36. The van der Waals surface area contributed by atoms with Crippen molar-refractivity contribution in [1.82, 2.24) is 29.9 Å². The van der Waals surface area contributed by atoms with Crippen LogP contribution in [0.15, 0.2) is 218 Å². The number of benzene rings is 9. The van der Waals surface area contributed by atoms with E-state index in [-0.39, 0.29) is 0 Å². The fourth-order valence-electron chi connectivity index (χ4n) is 8.21. The van der Waals surface area contributed by atoms with E-state index in [0.717, 1.165) is 77.2 Å². The minimum Gasteiger partial charge on any atom is -0.208 e. The molecule has 0 aliphatic heterocycles. The molecular formula is C56H36N6. The van der Waals surface area contributed by atoms with E-state index in [1.807, 2.05) is 84.9 Å². The molecule has 0 radical (unpaired) electrons. The maximum absolute atomic E-state index is 5.37. The van der Waals surface area contributed by atoms with Crippen LogP contribution in [0.3, 0.4) is 0 Å². The summed E-state index contributed by atoms with van der Waals surface area (Å²) in [6.45, 7) is 0. The van der Waals surface area contributed by atoms with Crippen LogP contribution in [0, 0.1) is 0 Å². The van der Waals surface area contributed by atoms with Gasteiger partial charge in [0.25, 0.3) is 0 Å². The molecule has 11 aromatic rings. The standard InChI is InChI=1S/C56H36N6/c1-5-17-37(18-6-1)46-29-15-26-39-27-16-30-47(49(39)46)55-60-53(43-24-11-4-12-25-43)61-56(62-55)48-36-35-38-19-13-14-28-45(38)50(48)40-31-33-44(34-32-40)54-58-51(41-20-7-2-8-21-41)57-52(59-54)42-22-9-3-10-23-42/h1-36H. The summed E-state index contributed by atoms with van der Waals surface area (Å²) in [5, 5.41) is 4.42. The minimum absolute atomic E-state index is 0.588. The first-order valence-corrected chi connectivity index (χ1v) is 20.6. The van der Waals surface area contributed by atoms with Gasteiger partial charge in [-0.2, -0.15) is 0 Å². The third kappa shape index (κ3) is 6.95. The van der Waals surface area contributed by atoms with Crippen molar-refractivity contribution in [2.45, 2.75) is 0 Å². The summed E-state index contributed by atoms with van der Waals surface area (Å²) in [5.41, 5.74) is 9.79. The normalized spacial score (nSPS) is 11.2. The Balaban J connectivity index is 1.09. The molecular weight excluding hydrogens is 757 g/mol. The molecule has 0 saturated carbocycles. The fourth-order valence-corrected chi connectivity index (χ4v) is 8.21. The monoisotopic (exact) mass is 792 g/mol. The lowest BCUT2D eigenvalue weighted by atomic mass is 9.92. The van der Waals surface area contributed by atoms with Crippen LogP contribution < -0.4 is 0 Å². The van der Waals surface area contributed by atoms with E-state index in [0.29, 0.717) is 34.9 Å². The van der Waals surface area contributed by atoms with E-state index in [2.05, 4.69) is 133 Å². The Hall–Kier alpha value is -8.48. The molecule has 11 rings (SSSR count). The largest absolute Gasteiger partial charge is 0.208 e. The smallest absolute Gasteiger partial charge is 0.164 e. The van der Waals surface area contributed by atoms with Crippen molar-refractivity contribution in [3.05, 3.63) is 218 Å². The zero-order chi connectivity index (χ0) is 41.2. The van der Waals surface area contributed by atoms with Crippen molar-refractivity contribution in [3.8, 4) is 90.6 Å². The molecule has 62 heavy (non-hydrogen) atoms. The van der Waals surface area contributed by atoms with Crippen LogP contribution >= 0.6 is 0 Å². The summed E-state index contributed by atoms with van der Waals surface area (Å²) in [7, 11) is 0. The highest BCUT2D eigenvalue weighted by Crippen LogP contribution is 2.41. The van der Waals surface area contributed by atoms with Crippen LogP contribution in [-0.4, -0.2) is 29.9 Å². The zero-order valence-electron chi connectivity index (χ0n) is 33.5. The number of hydrogen-bond acceptors (Lipinski definition) is 6. The van der Waals surface area contributed by atoms with Crippen LogP contribution in [0.1, 0.15) is 0 Å². The van der Waals surface area contributed by atoms with Crippen LogP contribution in [-0.2, 0) is 0 Å². The zero-order valence-corrected chi connectivity index (χ0v) is 33.5. The molecule has 0 atom stereocenters. The molecule has 0 bridgehead atoms. The van der Waals surface area contributed by atoms with E-state index >= 15 is 0 Å². The van der Waals surface area contributed by atoms with Gasteiger partial charge in [0.15, 0.2) is 34.9 Å². The van der Waals surface area contributed by atoms with Gasteiger partial charge in [-0.25, -0.2) is 29.9 Å². The Labute approximate surface area is 359 Å². The lowest BCUT2D eigenvalue weighted by molar-refractivity contribution is 1.07. The summed E-state index contributed by atoms with van der Waals surface area (Å²) in [4.78, 5) is 30.7. The molecule has 2 aromatic heterocycles. The van der Waals surface area contributed by atoms with Crippen molar-refractivity contribution in [3.63, 3.8) is 0 Å². The second-order valence-corrected chi connectivity index (χ2v) is 15.1. The van der Waals surface area contributed by atoms with Crippen LogP contribution in [0.2, 0.25) is 0 Å². The molecule has 0 fully saturated rings. The maximum atomic E-state index is 5.37. The predicted molar refractivity (Wildman–Crippen MR) is 252 cm³/mol. The SMILES string of the molecule is c1ccc(-c2nc(-c3ccccc3)nc(-c3ccc(-c4c(-c5nc(-c6ccccc6)nc(-c6cccc7cccc(-c8ccccc8)c67)n5)ccc5ccccc45)cc3)n2)cc1. The summed E-state index contributed by atoms with van der Waals surface area (Å²) in [6.07, 6.45) is 0. The summed E-state index contributed by atoms with van der Waals surface area (Å²) in [6, 6.07) is 74.8. The molecule has 0 aliphatic carbocycles. The number of aromatic nitrogens is 6. The maximum Gasteiger partial charge on any atom is 0.164 e. The van der Waals surface area contributed by atoms with Crippen LogP contribution in [0.5, 0.6) is 0 Å². The molecule has 2 heterocycles. The quantitative estimate of drug-likeness (QED) is 0.152. The van der Waals surface area contributed by atoms with Gasteiger partial charge in [0, 0.05) is 44.3 Å². The fraction of sp³-hybridized carbons (Fsp3) is 0. The molecule has 0 saturated heterocycles. The average molecular weight is 793 g/mol. The van der Waals surface area contributed by atoms with Crippen molar-refractivity contribution < 1.29 is 0 Å². The molecule has 0 amide bonds. The van der Waals surface area contributed by atoms with E-state index in [1.165, 1.54) is 0 Å². The third-order valence-corrected chi connectivity index (χ3v) is 11.2.